The number of benzene rings is 2. The SMILES string of the molecule is NC(=O)CNC(=O)C1(CCCCCNC(=O)[C@@H](N)Cc2ccc(O)cc2)C=c2ccccc2=N1. The molecular weight excluding hydrogens is 434 g/mol. The highest BCUT2D eigenvalue weighted by atomic mass is 16.3. The highest BCUT2D eigenvalue weighted by Crippen LogP contribution is 2.23. The van der Waals surface area contributed by atoms with E-state index in [1.165, 1.54) is 0 Å². The van der Waals surface area contributed by atoms with E-state index in [9.17, 15) is 19.5 Å². The first-order valence-corrected chi connectivity index (χ1v) is 11.3. The van der Waals surface area contributed by atoms with Crippen LogP contribution in [0.2, 0.25) is 0 Å². The number of rotatable bonds is 12. The Hall–Kier alpha value is -3.72. The highest BCUT2D eigenvalue weighted by molar-refractivity contribution is 5.96. The van der Waals surface area contributed by atoms with Crippen molar-refractivity contribution in [3.8, 4) is 5.75 Å². The van der Waals surface area contributed by atoms with Gasteiger partial charge in [-0.15, -0.1) is 0 Å². The molecule has 0 bridgehead atoms. The molecule has 2 aromatic carbocycles. The Balaban J connectivity index is 1.46. The molecule has 1 aliphatic heterocycles. The molecule has 0 saturated heterocycles. The average Bonchev–Trinajstić information content (AvgIpc) is 3.20. The van der Waals surface area contributed by atoms with Gasteiger partial charge in [0.1, 0.15) is 5.75 Å². The quantitative estimate of drug-likeness (QED) is 0.264. The number of phenols is 1. The van der Waals surface area contributed by atoms with Crippen LogP contribution in [0.3, 0.4) is 0 Å². The van der Waals surface area contributed by atoms with E-state index in [1.54, 1.807) is 24.3 Å². The maximum atomic E-state index is 12.9. The lowest BCUT2D eigenvalue weighted by Gasteiger charge is -2.23. The van der Waals surface area contributed by atoms with Crippen LogP contribution in [0.4, 0.5) is 0 Å². The first-order valence-electron chi connectivity index (χ1n) is 11.3. The zero-order chi connectivity index (χ0) is 24.6. The second-order valence-electron chi connectivity index (χ2n) is 8.47. The number of primary amides is 1. The number of amides is 3. The van der Waals surface area contributed by atoms with E-state index in [-0.39, 0.29) is 24.1 Å². The molecule has 2 aromatic rings. The van der Waals surface area contributed by atoms with Crippen molar-refractivity contribution in [2.75, 3.05) is 13.1 Å². The van der Waals surface area contributed by atoms with Crippen molar-refractivity contribution in [3.05, 3.63) is 64.7 Å². The molecule has 0 aromatic heterocycles. The zero-order valence-corrected chi connectivity index (χ0v) is 19.0. The van der Waals surface area contributed by atoms with Gasteiger partial charge in [-0.1, -0.05) is 43.2 Å². The number of phenolic OH excluding ortho intramolecular Hbond substituents is 1. The summed E-state index contributed by atoms with van der Waals surface area (Å²) in [6.45, 7) is 0.237. The maximum absolute atomic E-state index is 12.9. The number of nitrogens with two attached hydrogens (primary N) is 2. The van der Waals surface area contributed by atoms with Crippen molar-refractivity contribution >= 4 is 23.8 Å². The number of fused-ring (bicyclic) bond motifs is 1. The van der Waals surface area contributed by atoms with Crippen molar-refractivity contribution in [2.24, 2.45) is 16.5 Å². The van der Waals surface area contributed by atoms with E-state index in [2.05, 4.69) is 15.6 Å². The smallest absolute Gasteiger partial charge is 0.252 e. The van der Waals surface area contributed by atoms with Gasteiger partial charge in [0.15, 0.2) is 5.54 Å². The molecule has 9 heteroatoms. The van der Waals surface area contributed by atoms with Crippen LogP contribution in [0.15, 0.2) is 53.5 Å². The predicted octanol–water partition coefficient (Wildman–Crippen LogP) is -0.607. The van der Waals surface area contributed by atoms with Gasteiger partial charge in [0.25, 0.3) is 5.91 Å². The molecule has 3 rings (SSSR count). The Morgan fingerprint density at radius 3 is 2.44 bits per heavy atom. The number of carbonyl (C=O) groups excluding carboxylic acids is 3. The third-order valence-electron chi connectivity index (χ3n) is 5.73. The molecule has 3 amide bonds. The molecule has 1 aliphatic rings. The van der Waals surface area contributed by atoms with Crippen LogP contribution < -0.4 is 32.7 Å². The summed E-state index contributed by atoms with van der Waals surface area (Å²) in [6.07, 6.45) is 4.89. The van der Waals surface area contributed by atoms with Gasteiger partial charge in [-0.3, -0.25) is 19.4 Å². The van der Waals surface area contributed by atoms with E-state index < -0.39 is 17.5 Å². The number of nitrogens with zero attached hydrogens (tertiary/aromatic N) is 1. The number of carbonyl (C=O) groups is 3. The van der Waals surface area contributed by atoms with Crippen molar-refractivity contribution in [1.82, 2.24) is 10.6 Å². The van der Waals surface area contributed by atoms with E-state index in [0.717, 1.165) is 29.0 Å². The van der Waals surface area contributed by atoms with E-state index in [4.69, 9.17) is 11.5 Å². The van der Waals surface area contributed by atoms with Crippen molar-refractivity contribution < 1.29 is 19.5 Å². The number of hydrogen-bond donors (Lipinski definition) is 5. The summed E-state index contributed by atoms with van der Waals surface area (Å²) < 4.78 is 0. The minimum atomic E-state index is -1.07. The molecule has 1 unspecified atom stereocenters. The van der Waals surface area contributed by atoms with Gasteiger partial charge in [0.2, 0.25) is 11.8 Å². The third kappa shape index (κ3) is 6.64. The van der Waals surface area contributed by atoms with Crippen LogP contribution >= 0.6 is 0 Å². The number of aromatic hydroxyl groups is 1. The summed E-state index contributed by atoms with van der Waals surface area (Å²) in [5.41, 5.74) is 11.0. The Morgan fingerprint density at radius 2 is 1.74 bits per heavy atom. The van der Waals surface area contributed by atoms with Gasteiger partial charge in [-0.2, -0.15) is 0 Å². The van der Waals surface area contributed by atoms with Crippen molar-refractivity contribution in [1.29, 1.82) is 0 Å². The topological polar surface area (TPSA) is 160 Å². The lowest BCUT2D eigenvalue weighted by molar-refractivity contribution is -0.127. The number of unbranched alkanes of at least 4 members (excludes halogenated alkanes) is 2. The molecule has 1 heterocycles. The number of nitrogens with one attached hydrogen (secondary N) is 2. The fourth-order valence-corrected chi connectivity index (χ4v) is 3.91. The van der Waals surface area contributed by atoms with E-state index >= 15 is 0 Å². The lowest BCUT2D eigenvalue weighted by atomic mass is 9.91. The Kier molecular flexibility index (Phi) is 8.37. The van der Waals surface area contributed by atoms with Crippen molar-refractivity contribution in [2.45, 2.75) is 43.7 Å². The third-order valence-corrected chi connectivity index (χ3v) is 5.73. The first-order chi connectivity index (χ1) is 16.3. The molecule has 0 spiro atoms. The number of hydrogen-bond acceptors (Lipinski definition) is 6. The summed E-state index contributed by atoms with van der Waals surface area (Å²) >= 11 is 0. The van der Waals surface area contributed by atoms with Crippen LogP contribution in [0.1, 0.15) is 31.2 Å². The van der Waals surface area contributed by atoms with Gasteiger partial charge < -0.3 is 27.2 Å². The Morgan fingerprint density at radius 1 is 1.00 bits per heavy atom. The summed E-state index contributed by atoms with van der Waals surface area (Å²) in [5.74, 6) is -1.03. The summed E-state index contributed by atoms with van der Waals surface area (Å²) in [5, 5.41) is 16.4. The van der Waals surface area contributed by atoms with Gasteiger partial charge in [-0.25, -0.2) is 0 Å². The molecule has 0 radical (unpaired) electrons. The van der Waals surface area contributed by atoms with E-state index in [1.807, 2.05) is 30.3 Å². The Labute approximate surface area is 197 Å². The largest absolute Gasteiger partial charge is 0.508 e. The van der Waals surface area contributed by atoms with Crippen LogP contribution in [0.25, 0.3) is 6.08 Å². The highest BCUT2D eigenvalue weighted by Gasteiger charge is 2.37. The fourth-order valence-electron chi connectivity index (χ4n) is 3.91. The summed E-state index contributed by atoms with van der Waals surface area (Å²) in [4.78, 5) is 40.9. The molecule has 180 valence electrons. The zero-order valence-electron chi connectivity index (χ0n) is 19.0. The van der Waals surface area contributed by atoms with Gasteiger partial charge >= 0.3 is 0 Å². The molecule has 0 saturated carbocycles. The standard InChI is InChI=1S/C25H31N5O4/c26-20(14-17-8-10-19(31)11-9-17)23(33)28-13-5-1-4-12-25(24(34)29-16-22(27)32)15-18-6-2-3-7-21(18)30-25/h2-3,6-11,15,20,31H,1,4-5,12-14,16,26H2,(H2,27,32)(H,28,33)(H,29,34)/t20-,25?/m0/s1. The van der Waals surface area contributed by atoms with E-state index in [0.29, 0.717) is 25.8 Å². The first kappa shape index (κ1) is 24.9. The average molecular weight is 466 g/mol. The minimum absolute atomic E-state index is 0.167. The van der Waals surface area contributed by atoms with Crippen LogP contribution in [-0.4, -0.2) is 47.5 Å². The molecule has 34 heavy (non-hydrogen) atoms. The molecule has 0 aliphatic carbocycles. The number of para-hydroxylation sites is 1. The summed E-state index contributed by atoms with van der Waals surface area (Å²) in [6, 6.07) is 13.4. The Bertz CT molecular complexity index is 1110. The normalized spacial score (nSPS) is 17.1. The van der Waals surface area contributed by atoms with Gasteiger partial charge in [0.05, 0.1) is 17.9 Å². The monoisotopic (exact) mass is 465 g/mol. The fraction of sp³-hybridized carbons (Fsp3) is 0.360. The second-order valence-corrected chi connectivity index (χ2v) is 8.47. The molecule has 9 nitrogen and oxygen atoms in total. The molecule has 0 fully saturated rings. The van der Waals surface area contributed by atoms with Crippen LogP contribution in [0, 0.1) is 0 Å². The van der Waals surface area contributed by atoms with Crippen LogP contribution in [-0.2, 0) is 20.8 Å². The second kappa shape index (κ2) is 11.4. The van der Waals surface area contributed by atoms with Crippen LogP contribution in [0.5, 0.6) is 5.75 Å². The van der Waals surface area contributed by atoms with Crippen molar-refractivity contribution in [3.63, 3.8) is 0 Å². The lowest BCUT2D eigenvalue weighted by Crippen LogP contribution is -2.46. The summed E-state index contributed by atoms with van der Waals surface area (Å²) in [7, 11) is 0. The maximum Gasteiger partial charge on any atom is 0.252 e. The molecule has 7 N–H and O–H groups in total. The predicted molar refractivity (Wildman–Crippen MR) is 128 cm³/mol. The molecule has 2 atom stereocenters. The van der Waals surface area contributed by atoms with Gasteiger partial charge in [-0.05, 0) is 54.3 Å². The molecular formula is C25H31N5O4. The minimum Gasteiger partial charge on any atom is -0.508 e. The van der Waals surface area contributed by atoms with Gasteiger partial charge in [0, 0.05) is 6.54 Å².